The molecule has 0 spiro atoms. The second-order valence-corrected chi connectivity index (χ2v) is 4.22. The number of unbranched alkanes of at least 4 members (excludes halogenated alkanes) is 2. The van der Waals surface area contributed by atoms with Crippen LogP contribution in [0.3, 0.4) is 0 Å². The Balaban J connectivity index is 1.94. The minimum atomic E-state index is -0.0854. The van der Waals surface area contributed by atoms with Crippen LogP contribution in [0.4, 0.5) is 0 Å². The molecule has 92 valence electrons. The van der Waals surface area contributed by atoms with Crippen LogP contribution in [0.5, 0.6) is 0 Å². The van der Waals surface area contributed by atoms with Gasteiger partial charge < -0.3 is 16.4 Å². The van der Waals surface area contributed by atoms with Crippen molar-refractivity contribution in [3.63, 3.8) is 0 Å². The van der Waals surface area contributed by atoms with E-state index in [0.29, 0.717) is 19.0 Å². The second kappa shape index (κ2) is 7.22. The third-order valence-corrected chi connectivity index (χ3v) is 2.50. The van der Waals surface area contributed by atoms with Crippen LogP contribution >= 0.6 is 0 Å². The number of amides is 2. The first kappa shape index (κ1) is 13.0. The SMILES string of the molecule is NCCCCCC(=O)NCC(=O)NC1CC1. The van der Waals surface area contributed by atoms with Crippen molar-refractivity contribution in [3.05, 3.63) is 0 Å². The van der Waals surface area contributed by atoms with Crippen molar-refractivity contribution < 1.29 is 9.59 Å². The lowest BCUT2D eigenvalue weighted by Gasteiger charge is -2.05. The predicted molar refractivity (Wildman–Crippen MR) is 61.7 cm³/mol. The molecular formula is C11H21N3O2. The van der Waals surface area contributed by atoms with Gasteiger partial charge in [-0.25, -0.2) is 0 Å². The average molecular weight is 227 g/mol. The largest absolute Gasteiger partial charge is 0.352 e. The number of hydrogen-bond acceptors (Lipinski definition) is 3. The zero-order valence-electron chi connectivity index (χ0n) is 9.63. The molecule has 0 radical (unpaired) electrons. The van der Waals surface area contributed by atoms with Crippen LogP contribution in [0.2, 0.25) is 0 Å². The quantitative estimate of drug-likeness (QED) is 0.506. The maximum absolute atomic E-state index is 11.3. The first-order chi connectivity index (χ1) is 7.72. The summed E-state index contributed by atoms with van der Waals surface area (Å²) < 4.78 is 0. The van der Waals surface area contributed by atoms with Crippen molar-refractivity contribution >= 4 is 11.8 Å². The molecule has 2 amide bonds. The normalized spacial score (nSPS) is 14.6. The van der Waals surface area contributed by atoms with E-state index in [1.54, 1.807) is 0 Å². The lowest BCUT2D eigenvalue weighted by atomic mass is 10.2. The van der Waals surface area contributed by atoms with Gasteiger partial charge in [0.05, 0.1) is 6.54 Å². The van der Waals surface area contributed by atoms with Crippen molar-refractivity contribution in [1.82, 2.24) is 10.6 Å². The van der Waals surface area contributed by atoms with Crippen LogP contribution in [0.1, 0.15) is 38.5 Å². The summed E-state index contributed by atoms with van der Waals surface area (Å²) in [5.74, 6) is -0.138. The Bertz CT molecular complexity index is 239. The zero-order valence-corrected chi connectivity index (χ0v) is 9.63. The fraction of sp³-hybridized carbons (Fsp3) is 0.818. The zero-order chi connectivity index (χ0) is 11.8. The third kappa shape index (κ3) is 6.40. The van der Waals surface area contributed by atoms with Crippen molar-refractivity contribution in [2.24, 2.45) is 5.73 Å². The molecular weight excluding hydrogens is 206 g/mol. The highest BCUT2D eigenvalue weighted by molar-refractivity contribution is 5.84. The Morgan fingerprint density at radius 1 is 1.12 bits per heavy atom. The van der Waals surface area contributed by atoms with E-state index in [1.807, 2.05) is 0 Å². The molecule has 4 N–H and O–H groups in total. The predicted octanol–water partition coefficient (Wildman–Crippen LogP) is -0.0997. The Hall–Kier alpha value is -1.10. The van der Waals surface area contributed by atoms with Gasteiger partial charge in [-0.2, -0.15) is 0 Å². The third-order valence-electron chi connectivity index (χ3n) is 2.50. The molecule has 0 heterocycles. The molecule has 0 aromatic heterocycles. The fourth-order valence-electron chi connectivity index (χ4n) is 1.38. The summed E-state index contributed by atoms with van der Waals surface area (Å²) >= 11 is 0. The topological polar surface area (TPSA) is 84.2 Å². The molecule has 1 fully saturated rings. The van der Waals surface area contributed by atoms with Gasteiger partial charge in [0.25, 0.3) is 0 Å². The fourth-order valence-corrected chi connectivity index (χ4v) is 1.38. The van der Waals surface area contributed by atoms with Gasteiger partial charge in [0.2, 0.25) is 11.8 Å². The van der Waals surface area contributed by atoms with Gasteiger partial charge in [0.1, 0.15) is 0 Å². The molecule has 0 saturated heterocycles. The standard InChI is InChI=1S/C11H21N3O2/c12-7-3-1-2-4-10(15)13-8-11(16)14-9-5-6-9/h9H,1-8,12H2,(H,13,15)(H,14,16). The maximum atomic E-state index is 11.3. The van der Waals surface area contributed by atoms with E-state index in [2.05, 4.69) is 10.6 Å². The van der Waals surface area contributed by atoms with Crippen molar-refractivity contribution in [1.29, 1.82) is 0 Å². The molecule has 5 nitrogen and oxygen atoms in total. The van der Waals surface area contributed by atoms with Gasteiger partial charge in [-0.15, -0.1) is 0 Å². The smallest absolute Gasteiger partial charge is 0.239 e. The number of nitrogens with two attached hydrogens (primary N) is 1. The molecule has 0 atom stereocenters. The maximum Gasteiger partial charge on any atom is 0.239 e. The molecule has 1 rings (SSSR count). The van der Waals surface area contributed by atoms with E-state index in [1.165, 1.54) is 0 Å². The monoisotopic (exact) mass is 227 g/mol. The first-order valence-corrected chi connectivity index (χ1v) is 5.98. The van der Waals surface area contributed by atoms with Crippen LogP contribution in [-0.2, 0) is 9.59 Å². The lowest BCUT2D eigenvalue weighted by molar-refractivity contribution is -0.126. The van der Waals surface area contributed by atoms with Crippen LogP contribution in [0.15, 0.2) is 0 Å². The number of hydrogen-bond donors (Lipinski definition) is 3. The van der Waals surface area contributed by atoms with E-state index in [0.717, 1.165) is 32.1 Å². The van der Waals surface area contributed by atoms with Crippen molar-refractivity contribution in [2.45, 2.75) is 44.6 Å². The van der Waals surface area contributed by atoms with Crippen LogP contribution in [0, 0.1) is 0 Å². The molecule has 16 heavy (non-hydrogen) atoms. The van der Waals surface area contributed by atoms with Gasteiger partial charge in [-0.1, -0.05) is 6.42 Å². The molecule has 1 aliphatic rings. The molecule has 0 aromatic carbocycles. The minimum Gasteiger partial charge on any atom is -0.352 e. The average Bonchev–Trinajstić information content (AvgIpc) is 3.05. The molecule has 0 bridgehead atoms. The first-order valence-electron chi connectivity index (χ1n) is 5.98. The minimum absolute atomic E-state index is 0.0528. The van der Waals surface area contributed by atoms with E-state index < -0.39 is 0 Å². The van der Waals surface area contributed by atoms with Gasteiger partial charge >= 0.3 is 0 Å². The molecule has 5 heteroatoms. The number of rotatable bonds is 8. The van der Waals surface area contributed by atoms with Crippen molar-refractivity contribution in [3.8, 4) is 0 Å². The van der Waals surface area contributed by atoms with E-state index in [9.17, 15) is 9.59 Å². The summed E-state index contributed by atoms with van der Waals surface area (Å²) in [5.41, 5.74) is 5.34. The molecule has 0 aliphatic heterocycles. The van der Waals surface area contributed by atoms with E-state index >= 15 is 0 Å². The number of carbonyl (C=O) groups is 2. The highest BCUT2D eigenvalue weighted by Gasteiger charge is 2.22. The molecule has 1 saturated carbocycles. The van der Waals surface area contributed by atoms with Gasteiger partial charge in [0.15, 0.2) is 0 Å². The van der Waals surface area contributed by atoms with Gasteiger partial charge in [-0.05, 0) is 32.2 Å². The van der Waals surface area contributed by atoms with Gasteiger partial charge in [0, 0.05) is 12.5 Å². The van der Waals surface area contributed by atoms with Crippen molar-refractivity contribution in [2.75, 3.05) is 13.1 Å². The van der Waals surface area contributed by atoms with E-state index in [4.69, 9.17) is 5.73 Å². The number of nitrogens with one attached hydrogen (secondary N) is 2. The Morgan fingerprint density at radius 2 is 1.88 bits per heavy atom. The lowest BCUT2D eigenvalue weighted by Crippen LogP contribution is -2.37. The summed E-state index contributed by atoms with van der Waals surface area (Å²) in [4.78, 5) is 22.5. The highest BCUT2D eigenvalue weighted by Crippen LogP contribution is 2.18. The summed E-state index contributed by atoms with van der Waals surface area (Å²) in [5, 5.41) is 5.43. The Labute approximate surface area is 96.1 Å². The van der Waals surface area contributed by atoms with Crippen LogP contribution in [-0.4, -0.2) is 30.9 Å². The molecule has 1 aliphatic carbocycles. The van der Waals surface area contributed by atoms with Crippen LogP contribution < -0.4 is 16.4 Å². The van der Waals surface area contributed by atoms with Crippen LogP contribution in [0.25, 0.3) is 0 Å². The number of carbonyl (C=O) groups excluding carboxylic acids is 2. The molecule has 0 aromatic rings. The van der Waals surface area contributed by atoms with Gasteiger partial charge in [-0.3, -0.25) is 9.59 Å². The summed E-state index contributed by atoms with van der Waals surface area (Å²) in [6.07, 6.45) is 5.38. The summed E-state index contributed by atoms with van der Waals surface area (Å²) in [6, 6.07) is 0.356. The highest BCUT2D eigenvalue weighted by atomic mass is 16.2. The molecule has 0 unspecified atom stereocenters. The summed E-state index contributed by atoms with van der Waals surface area (Å²) in [6.45, 7) is 0.775. The Morgan fingerprint density at radius 3 is 2.50 bits per heavy atom. The van der Waals surface area contributed by atoms with E-state index in [-0.39, 0.29) is 18.4 Å². The second-order valence-electron chi connectivity index (χ2n) is 4.22. The Kier molecular flexibility index (Phi) is 5.85. The summed E-state index contributed by atoms with van der Waals surface area (Å²) in [7, 11) is 0.